The molecule has 0 radical (unpaired) electrons. The van der Waals surface area contributed by atoms with Crippen LogP contribution >= 0.6 is 0 Å². The van der Waals surface area contributed by atoms with Gasteiger partial charge in [-0.15, -0.1) is 0 Å². The van der Waals surface area contributed by atoms with E-state index in [0.29, 0.717) is 36.5 Å². The average Bonchev–Trinajstić information content (AvgIpc) is 3.05. The Morgan fingerprint density at radius 2 is 2.17 bits per heavy atom. The number of nitrogens with zero attached hydrogens (tertiary/aromatic N) is 2. The van der Waals surface area contributed by atoms with Crippen molar-refractivity contribution >= 4 is 11.8 Å². The van der Waals surface area contributed by atoms with Gasteiger partial charge >= 0.3 is 6.09 Å². The van der Waals surface area contributed by atoms with Crippen LogP contribution in [0, 0.1) is 11.3 Å². The molecule has 1 heterocycles. The molecule has 6 heteroatoms. The van der Waals surface area contributed by atoms with Gasteiger partial charge in [-0.05, 0) is 35.9 Å². The van der Waals surface area contributed by atoms with Crippen LogP contribution < -0.4 is 10.5 Å². The summed E-state index contributed by atoms with van der Waals surface area (Å²) in [5.41, 5.74) is 8.68. The van der Waals surface area contributed by atoms with Crippen molar-refractivity contribution in [1.82, 2.24) is 4.90 Å². The van der Waals surface area contributed by atoms with Gasteiger partial charge in [0.2, 0.25) is 0 Å². The molecule has 0 saturated carbocycles. The monoisotopic (exact) mass is 323 g/mol. The van der Waals surface area contributed by atoms with Crippen LogP contribution in [0.15, 0.2) is 42.5 Å². The number of hydrogen-bond acceptors (Lipinski definition) is 4. The van der Waals surface area contributed by atoms with Gasteiger partial charge in [0.15, 0.2) is 0 Å². The Morgan fingerprint density at radius 3 is 2.88 bits per heavy atom. The molecule has 0 spiro atoms. The van der Waals surface area contributed by atoms with Crippen molar-refractivity contribution in [3.05, 3.63) is 48.0 Å². The molecule has 0 aliphatic carbocycles. The third-order valence-electron chi connectivity index (χ3n) is 4.02. The number of carbonyl (C=O) groups is 1. The maximum atomic E-state index is 11.0. The summed E-state index contributed by atoms with van der Waals surface area (Å²) in [6, 6.07) is 14.7. The van der Waals surface area contributed by atoms with Gasteiger partial charge in [-0.1, -0.05) is 12.1 Å². The summed E-state index contributed by atoms with van der Waals surface area (Å²) in [7, 11) is 0. The molecule has 6 nitrogen and oxygen atoms in total. The quantitative estimate of drug-likeness (QED) is 0.846. The minimum Gasteiger partial charge on any atom is -0.488 e. The van der Waals surface area contributed by atoms with Gasteiger partial charge in [-0.25, -0.2) is 4.79 Å². The standard InChI is InChI=1S/C18H17N3O3/c19-10-12-2-1-3-13(8-12)16-9-14(20)4-5-17(16)24-15-6-7-21(11-15)18(22)23/h1-5,8-9,15H,6-7,11,20H2,(H,22,23)/t15-/m1/s1. The first-order valence-corrected chi connectivity index (χ1v) is 7.61. The van der Waals surface area contributed by atoms with Crippen LogP contribution in [0.3, 0.4) is 0 Å². The topological polar surface area (TPSA) is 99.6 Å². The lowest BCUT2D eigenvalue weighted by Gasteiger charge is -2.18. The lowest BCUT2D eigenvalue weighted by molar-refractivity contribution is 0.146. The number of nitrogen functional groups attached to an aromatic ring is 1. The number of benzene rings is 2. The predicted molar refractivity (Wildman–Crippen MR) is 89.6 cm³/mol. The number of nitrogens with two attached hydrogens (primary N) is 1. The summed E-state index contributed by atoms with van der Waals surface area (Å²) in [6.07, 6.45) is -0.475. The zero-order valence-corrected chi connectivity index (χ0v) is 13.0. The number of nitriles is 1. The Hall–Kier alpha value is -3.20. The molecule has 1 aliphatic rings. The Balaban J connectivity index is 1.89. The molecule has 0 unspecified atom stereocenters. The van der Waals surface area contributed by atoms with Crippen LogP contribution in [0.25, 0.3) is 11.1 Å². The Kier molecular flexibility index (Phi) is 4.25. The number of ether oxygens (including phenoxy) is 1. The fourth-order valence-corrected chi connectivity index (χ4v) is 2.81. The fraction of sp³-hybridized carbons (Fsp3) is 0.222. The average molecular weight is 323 g/mol. The van der Waals surface area contributed by atoms with Gasteiger partial charge in [-0.3, -0.25) is 0 Å². The van der Waals surface area contributed by atoms with Crippen LogP contribution in [-0.4, -0.2) is 35.3 Å². The van der Waals surface area contributed by atoms with Crippen LogP contribution in [0.1, 0.15) is 12.0 Å². The molecule has 1 atom stereocenters. The number of rotatable bonds is 3. The molecule has 24 heavy (non-hydrogen) atoms. The summed E-state index contributed by atoms with van der Waals surface area (Å²) in [6.45, 7) is 0.811. The second-order valence-electron chi connectivity index (χ2n) is 5.71. The van der Waals surface area contributed by atoms with E-state index in [1.807, 2.05) is 12.1 Å². The van der Waals surface area contributed by atoms with Gasteiger partial charge in [-0.2, -0.15) is 5.26 Å². The lowest BCUT2D eigenvalue weighted by Crippen LogP contribution is -2.29. The summed E-state index contributed by atoms with van der Waals surface area (Å²) in [5.74, 6) is 0.636. The second-order valence-corrected chi connectivity index (χ2v) is 5.71. The smallest absolute Gasteiger partial charge is 0.407 e. The summed E-state index contributed by atoms with van der Waals surface area (Å²) in [5, 5.41) is 18.1. The molecule has 1 saturated heterocycles. The highest BCUT2D eigenvalue weighted by Crippen LogP contribution is 2.34. The third-order valence-corrected chi connectivity index (χ3v) is 4.02. The maximum absolute atomic E-state index is 11.0. The highest BCUT2D eigenvalue weighted by molar-refractivity contribution is 5.75. The van der Waals surface area contributed by atoms with E-state index in [0.717, 1.165) is 11.1 Å². The van der Waals surface area contributed by atoms with Gasteiger partial charge in [0, 0.05) is 24.2 Å². The third kappa shape index (κ3) is 3.25. The molecule has 2 aromatic rings. The van der Waals surface area contributed by atoms with E-state index in [2.05, 4.69) is 6.07 Å². The van der Waals surface area contributed by atoms with Crippen LogP contribution in [-0.2, 0) is 0 Å². The van der Waals surface area contributed by atoms with Gasteiger partial charge in [0.25, 0.3) is 0 Å². The molecule has 1 aliphatic heterocycles. The van der Waals surface area contributed by atoms with Crippen molar-refractivity contribution in [1.29, 1.82) is 5.26 Å². The maximum Gasteiger partial charge on any atom is 0.407 e. The van der Waals surface area contributed by atoms with Crippen LogP contribution in [0.2, 0.25) is 0 Å². The first-order chi connectivity index (χ1) is 11.6. The number of likely N-dealkylation sites (tertiary alicyclic amines) is 1. The first-order valence-electron chi connectivity index (χ1n) is 7.61. The van der Waals surface area contributed by atoms with E-state index in [9.17, 15) is 4.79 Å². The zero-order chi connectivity index (χ0) is 17.1. The molecule has 0 aromatic heterocycles. The molecule has 122 valence electrons. The van der Waals surface area contributed by atoms with E-state index in [-0.39, 0.29) is 6.10 Å². The molecule has 2 aromatic carbocycles. The number of amides is 1. The van der Waals surface area contributed by atoms with Crippen molar-refractivity contribution in [3.63, 3.8) is 0 Å². The summed E-state index contributed by atoms with van der Waals surface area (Å²) >= 11 is 0. The first kappa shape index (κ1) is 15.7. The Morgan fingerprint density at radius 1 is 1.33 bits per heavy atom. The molecule has 1 amide bonds. The number of carboxylic acid groups (broad SMARTS) is 1. The highest BCUT2D eigenvalue weighted by atomic mass is 16.5. The van der Waals surface area contributed by atoms with Gasteiger partial charge < -0.3 is 20.5 Å². The number of hydrogen-bond donors (Lipinski definition) is 2. The van der Waals surface area contributed by atoms with Crippen molar-refractivity contribution in [2.24, 2.45) is 0 Å². The molecule has 1 fully saturated rings. The fourth-order valence-electron chi connectivity index (χ4n) is 2.81. The minimum atomic E-state index is -0.930. The van der Waals surface area contributed by atoms with E-state index < -0.39 is 6.09 Å². The van der Waals surface area contributed by atoms with E-state index in [4.69, 9.17) is 20.8 Å². The lowest BCUT2D eigenvalue weighted by atomic mass is 10.0. The minimum absolute atomic E-state index is 0.192. The van der Waals surface area contributed by atoms with E-state index in [1.165, 1.54) is 4.90 Å². The Bertz CT molecular complexity index is 813. The highest BCUT2D eigenvalue weighted by Gasteiger charge is 2.27. The van der Waals surface area contributed by atoms with E-state index in [1.54, 1.807) is 30.3 Å². The largest absolute Gasteiger partial charge is 0.488 e. The molecular formula is C18H17N3O3. The van der Waals surface area contributed by atoms with Crippen molar-refractivity contribution in [3.8, 4) is 22.9 Å². The summed E-state index contributed by atoms with van der Waals surface area (Å²) in [4.78, 5) is 12.4. The van der Waals surface area contributed by atoms with Crippen molar-refractivity contribution in [2.75, 3.05) is 18.8 Å². The predicted octanol–water partition coefficient (Wildman–Crippen LogP) is 2.94. The molecular weight excluding hydrogens is 306 g/mol. The van der Waals surface area contributed by atoms with Gasteiger partial charge in [0.1, 0.15) is 11.9 Å². The Labute approximate surface area is 139 Å². The molecule has 0 bridgehead atoms. The molecule has 3 rings (SSSR count). The van der Waals surface area contributed by atoms with Crippen LogP contribution in [0.4, 0.5) is 10.5 Å². The van der Waals surface area contributed by atoms with Crippen molar-refractivity contribution in [2.45, 2.75) is 12.5 Å². The normalized spacial score (nSPS) is 16.6. The summed E-state index contributed by atoms with van der Waals surface area (Å²) < 4.78 is 6.03. The van der Waals surface area contributed by atoms with Gasteiger partial charge in [0.05, 0.1) is 18.2 Å². The zero-order valence-electron chi connectivity index (χ0n) is 13.0. The SMILES string of the molecule is N#Cc1cccc(-c2cc(N)ccc2O[C@@H]2CCN(C(=O)O)C2)c1. The second kappa shape index (κ2) is 6.50. The van der Waals surface area contributed by atoms with Crippen molar-refractivity contribution < 1.29 is 14.6 Å². The van der Waals surface area contributed by atoms with Crippen LogP contribution in [0.5, 0.6) is 5.75 Å². The molecule has 3 N–H and O–H groups in total. The number of anilines is 1. The van der Waals surface area contributed by atoms with E-state index >= 15 is 0 Å².